The molecule has 1 atom stereocenters. The van der Waals surface area contributed by atoms with Crippen LogP contribution >= 0.6 is 35.0 Å². The fraction of sp³-hybridized carbons (Fsp3) is 0.278. The van der Waals surface area contributed by atoms with E-state index in [-0.39, 0.29) is 16.8 Å². The van der Waals surface area contributed by atoms with Crippen molar-refractivity contribution in [3.63, 3.8) is 0 Å². The number of carbonyl (C=O) groups is 1. The van der Waals surface area contributed by atoms with Crippen LogP contribution in [-0.4, -0.2) is 26.3 Å². The van der Waals surface area contributed by atoms with Crippen LogP contribution < -0.4 is 5.32 Å². The van der Waals surface area contributed by atoms with Crippen molar-refractivity contribution in [3.05, 3.63) is 63.6 Å². The van der Waals surface area contributed by atoms with Crippen LogP contribution in [0.4, 0.5) is 0 Å². The summed E-state index contributed by atoms with van der Waals surface area (Å²) < 4.78 is 23.0. The summed E-state index contributed by atoms with van der Waals surface area (Å²) in [5.74, 6) is 0.878. The lowest BCUT2D eigenvalue weighted by Gasteiger charge is -2.14. The SMILES string of the molecule is C[C@@H](NC(=O)CSCc1ccc(Cl)c(Cl)c1)c1ccc(S(C)(=O)=O)cc1. The molecule has 0 aliphatic carbocycles. The van der Waals surface area contributed by atoms with Gasteiger partial charge in [0.15, 0.2) is 9.84 Å². The van der Waals surface area contributed by atoms with Crippen LogP contribution in [0.1, 0.15) is 24.1 Å². The summed E-state index contributed by atoms with van der Waals surface area (Å²) in [6, 6.07) is 11.7. The van der Waals surface area contributed by atoms with E-state index in [4.69, 9.17) is 23.2 Å². The van der Waals surface area contributed by atoms with Gasteiger partial charge in [-0.3, -0.25) is 4.79 Å². The highest BCUT2D eigenvalue weighted by molar-refractivity contribution is 7.99. The van der Waals surface area contributed by atoms with E-state index in [0.717, 1.165) is 17.4 Å². The van der Waals surface area contributed by atoms with Gasteiger partial charge in [0.2, 0.25) is 5.91 Å². The van der Waals surface area contributed by atoms with Crippen LogP contribution in [0.2, 0.25) is 10.0 Å². The summed E-state index contributed by atoms with van der Waals surface area (Å²) in [6.07, 6.45) is 1.16. The number of carbonyl (C=O) groups excluding carboxylic acids is 1. The zero-order valence-corrected chi connectivity index (χ0v) is 17.5. The van der Waals surface area contributed by atoms with Crippen LogP contribution in [-0.2, 0) is 20.4 Å². The van der Waals surface area contributed by atoms with Crippen molar-refractivity contribution in [2.75, 3.05) is 12.0 Å². The monoisotopic (exact) mass is 431 g/mol. The molecular weight excluding hydrogens is 413 g/mol. The van der Waals surface area contributed by atoms with E-state index in [1.54, 1.807) is 36.4 Å². The number of nitrogens with one attached hydrogen (secondary N) is 1. The Morgan fingerprint density at radius 3 is 2.35 bits per heavy atom. The quantitative estimate of drug-likeness (QED) is 0.700. The lowest BCUT2D eigenvalue weighted by atomic mass is 10.1. The van der Waals surface area contributed by atoms with Crippen LogP contribution in [0.25, 0.3) is 0 Å². The minimum absolute atomic E-state index is 0.0882. The summed E-state index contributed by atoms with van der Waals surface area (Å²) >= 11 is 13.3. The minimum atomic E-state index is -3.22. The van der Waals surface area contributed by atoms with Gasteiger partial charge in [-0.05, 0) is 42.3 Å². The third-order valence-corrected chi connectivity index (χ3v) is 6.54. The first-order valence-corrected chi connectivity index (χ1v) is 11.6. The molecule has 1 amide bonds. The molecule has 2 aromatic rings. The van der Waals surface area contributed by atoms with E-state index in [1.807, 2.05) is 13.0 Å². The van der Waals surface area contributed by atoms with Gasteiger partial charge in [0, 0.05) is 12.0 Å². The Morgan fingerprint density at radius 1 is 1.12 bits per heavy atom. The van der Waals surface area contributed by atoms with Gasteiger partial charge >= 0.3 is 0 Å². The number of sulfone groups is 1. The fourth-order valence-electron chi connectivity index (χ4n) is 2.26. The predicted molar refractivity (Wildman–Crippen MR) is 109 cm³/mol. The van der Waals surface area contributed by atoms with Crippen LogP contribution in [0, 0.1) is 0 Å². The van der Waals surface area contributed by atoms with E-state index in [9.17, 15) is 13.2 Å². The number of hydrogen-bond acceptors (Lipinski definition) is 4. The fourth-order valence-corrected chi connectivity index (χ4v) is 4.00. The molecule has 1 N–H and O–H groups in total. The lowest BCUT2D eigenvalue weighted by molar-refractivity contribution is -0.119. The average molecular weight is 432 g/mol. The molecule has 140 valence electrons. The van der Waals surface area contributed by atoms with Gasteiger partial charge in [-0.15, -0.1) is 11.8 Å². The Bertz CT molecular complexity index is 884. The zero-order valence-electron chi connectivity index (χ0n) is 14.3. The van der Waals surface area contributed by atoms with Gasteiger partial charge in [-0.1, -0.05) is 41.4 Å². The van der Waals surface area contributed by atoms with E-state index in [2.05, 4.69) is 5.32 Å². The number of hydrogen-bond donors (Lipinski definition) is 1. The summed E-state index contributed by atoms with van der Waals surface area (Å²) in [7, 11) is -3.22. The van der Waals surface area contributed by atoms with Crippen LogP contribution in [0.15, 0.2) is 47.4 Å². The molecule has 4 nitrogen and oxygen atoms in total. The lowest BCUT2D eigenvalue weighted by Crippen LogP contribution is -2.28. The molecule has 0 unspecified atom stereocenters. The van der Waals surface area contributed by atoms with Crippen molar-refractivity contribution < 1.29 is 13.2 Å². The van der Waals surface area contributed by atoms with Crippen molar-refractivity contribution in [1.29, 1.82) is 0 Å². The first-order valence-electron chi connectivity index (χ1n) is 7.78. The second kappa shape index (κ2) is 9.13. The van der Waals surface area contributed by atoms with Crippen molar-refractivity contribution in [2.45, 2.75) is 23.6 Å². The molecular formula is C18H19Cl2NO3S2. The van der Waals surface area contributed by atoms with Crippen molar-refractivity contribution in [1.82, 2.24) is 5.32 Å². The second-order valence-corrected chi connectivity index (χ2v) is 9.69. The van der Waals surface area contributed by atoms with Crippen molar-refractivity contribution in [3.8, 4) is 0 Å². The molecule has 2 aromatic carbocycles. The molecule has 0 radical (unpaired) electrons. The van der Waals surface area contributed by atoms with Gasteiger partial charge in [0.1, 0.15) is 0 Å². The molecule has 8 heteroatoms. The molecule has 0 spiro atoms. The first kappa shape index (κ1) is 21.1. The predicted octanol–water partition coefficient (Wildman–Crippen LogP) is 4.51. The Kier molecular flexibility index (Phi) is 7.41. The molecule has 0 fully saturated rings. The standard InChI is InChI=1S/C18H19Cl2NO3S2/c1-12(14-4-6-15(7-5-14)26(2,23)24)21-18(22)11-25-10-13-3-8-16(19)17(20)9-13/h3-9,12H,10-11H2,1-2H3,(H,21,22)/t12-/m1/s1. The van der Waals surface area contributed by atoms with E-state index in [0.29, 0.717) is 21.6 Å². The number of rotatable bonds is 7. The maximum atomic E-state index is 12.1. The molecule has 0 aliphatic rings. The highest BCUT2D eigenvalue weighted by atomic mass is 35.5. The zero-order chi connectivity index (χ0) is 19.3. The van der Waals surface area contributed by atoms with Gasteiger partial charge in [0.25, 0.3) is 0 Å². The minimum Gasteiger partial charge on any atom is -0.349 e. The molecule has 0 heterocycles. The van der Waals surface area contributed by atoms with Crippen LogP contribution in [0.3, 0.4) is 0 Å². The largest absolute Gasteiger partial charge is 0.349 e. The van der Waals surface area contributed by atoms with E-state index in [1.165, 1.54) is 11.8 Å². The number of amides is 1. The first-order chi connectivity index (χ1) is 12.2. The molecule has 0 saturated heterocycles. The molecule has 0 bridgehead atoms. The molecule has 0 saturated carbocycles. The number of thioether (sulfide) groups is 1. The van der Waals surface area contributed by atoms with Crippen molar-refractivity contribution >= 4 is 50.7 Å². The van der Waals surface area contributed by atoms with Crippen molar-refractivity contribution in [2.24, 2.45) is 0 Å². The molecule has 26 heavy (non-hydrogen) atoms. The third kappa shape index (κ3) is 6.20. The molecule has 0 aromatic heterocycles. The highest BCUT2D eigenvalue weighted by Crippen LogP contribution is 2.24. The average Bonchev–Trinajstić information content (AvgIpc) is 2.57. The van der Waals surface area contributed by atoms with Crippen LogP contribution in [0.5, 0.6) is 0 Å². The second-order valence-electron chi connectivity index (χ2n) is 5.87. The Labute approximate surface area is 168 Å². The topological polar surface area (TPSA) is 63.2 Å². The summed E-state index contributed by atoms with van der Waals surface area (Å²) in [4.78, 5) is 12.4. The smallest absolute Gasteiger partial charge is 0.230 e. The maximum absolute atomic E-state index is 12.1. The molecule has 0 aliphatic heterocycles. The van der Waals surface area contributed by atoms with Gasteiger partial charge in [-0.25, -0.2) is 8.42 Å². The Morgan fingerprint density at radius 2 is 1.77 bits per heavy atom. The maximum Gasteiger partial charge on any atom is 0.230 e. The van der Waals surface area contributed by atoms with Gasteiger partial charge < -0.3 is 5.32 Å². The summed E-state index contributed by atoms with van der Waals surface area (Å²) in [5.41, 5.74) is 1.85. The number of halogens is 2. The van der Waals surface area contributed by atoms with E-state index < -0.39 is 9.84 Å². The summed E-state index contributed by atoms with van der Waals surface area (Å²) in [6.45, 7) is 1.86. The number of benzene rings is 2. The highest BCUT2D eigenvalue weighted by Gasteiger charge is 2.12. The Hall–Kier alpha value is -1.21. The third-order valence-electron chi connectivity index (χ3n) is 3.67. The van der Waals surface area contributed by atoms with Gasteiger partial charge in [-0.2, -0.15) is 0 Å². The van der Waals surface area contributed by atoms with Gasteiger partial charge in [0.05, 0.1) is 26.7 Å². The normalized spacial score (nSPS) is 12.6. The molecule has 2 rings (SSSR count). The Balaban J connectivity index is 1.84. The van der Waals surface area contributed by atoms with E-state index >= 15 is 0 Å². The summed E-state index contributed by atoms with van der Waals surface area (Å²) in [5, 5.41) is 3.91.